The molecule has 0 aliphatic carbocycles. The summed E-state index contributed by atoms with van der Waals surface area (Å²) in [6.07, 6.45) is 5.87. The second-order valence-electron chi connectivity index (χ2n) is 6.97. The van der Waals surface area contributed by atoms with Gasteiger partial charge in [0.2, 0.25) is 5.91 Å². The topological polar surface area (TPSA) is 58.4 Å². The fraction of sp³-hybridized carbons (Fsp3) is 0.706. The Bertz CT molecular complexity index is 619. The molecule has 6 nitrogen and oxygen atoms in total. The van der Waals surface area contributed by atoms with Gasteiger partial charge in [0.25, 0.3) is 5.56 Å². The minimum Gasteiger partial charge on any atom is -0.369 e. The molecule has 0 aromatic carbocycles. The smallest absolute Gasteiger partial charge is 0.268 e. The summed E-state index contributed by atoms with van der Waals surface area (Å²) >= 11 is 0. The monoisotopic (exact) mass is 318 g/mol. The number of anilines is 1. The number of hydrogen-bond donors (Lipinski definition) is 0. The van der Waals surface area contributed by atoms with Crippen LogP contribution in [0.3, 0.4) is 0 Å². The van der Waals surface area contributed by atoms with Gasteiger partial charge < -0.3 is 9.80 Å². The number of carbonyl (C=O) groups is 1. The highest BCUT2D eigenvalue weighted by molar-refractivity contribution is 5.80. The van der Waals surface area contributed by atoms with Gasteiger partial charge in [0.1, 0.15) is 0 Å². The SMILES string of the molecule is CC1CCN(C(=O)C2CCCN(c3cnn(C)c(=O)c3)C2)CC1. The van der Waals surface area contributed by atoms with Crippen LogP contribution in [-0.4, -0.2) is 46.8 Å². The maximum Gasteiger partial charge on any atom is 0.268 e. The summed E-state index contributed by atoms with van der Waals surface area (Å²) in [4.78, 5) is 28.7. The van der Waals surface area contributed by atoms with E-state index in [0.717, 1.165) is 56.9 Å². The molecule has 0 radical (unpaired) electrons. The Morgan fingerprint density at radius 3 is 2.65 bits per heavy atom. The molecular formula is C17H26N4O2. The lowest BCUT2D eigenvalue weighted by Gasteiger charge is -2.38. The number of hydrogen-bond acceptors (Lipinski definition) is 4. The van der Waals surface area contributed by atoms with Crippen LogP contribution in [0.5, 0.6) is 0 Å². The Hall–Kier alpha value is -1.85. The van der Waals surface area contributed by atoms with Gasteiger partial charge in [0.15, 0.2) is 0 Å². The van der Waals surface area contributed by atoms with Gasteiger partial charge in [-0.3, -0.25) is 9.59 Å². The molecule has 0 bridgehead atoms. The minimum atomic E-state index is -0.110. The highest BCUT2D eigenvalue weighted by Crippen LogP contribution is 2.25. The van der Waals surface area contributed by atoms with Crippen molar-refractivity contribution >= 4 is 11.6 Å². The summed E-state index contributed by atoms with van der Waals surface area (Å²) in [7, 11) is 1.64. The second-order valence-corrected chi connectivity index (χ2v) is 6.97. The minimum absolute atomic E-state index is 0.0428. The number of aromatic nitrogens is 2. The van der Waals surface area contributed by atoms with E-state index in [4.69, 9.17) is 0 Å². The zero-order valence-electron chi connectivity index (χ0n) is 14.1. The Morgan fingerprint density at radius 1 is 1.22 bits per heavy atom. The quantitative estimate of drug-likeness (QED) is 0.823. The Morgan fingerprint density at radius 2 is 1.96 bits per heavy atom. The molecule has 3 heterocycles. The van der Waals surface area contributed by atoms with E-state index >= 15 is 0 Å². The lowest BCUT2D eigenvalue weighted by Crippen LogP contribution is -2.47. The molecule has 3 rings (SSSR count). The van der Waals surface area contributed by atoms with Crippen molar-refractivity contribution in [3.63, 3.8) is 0 Å². The van der Waals surface area contributed by atoms with Crippen LogP contribution in [0.25, 0.3) is 0 Å². The number of carbonyl (C=O) groups excluding carboxylic acids is 1. The van der Waals surface area contributed by atoms with Gasteiger partial charge >= 0.3 is 0 Å². The van der Waals surface area contributed by atoms with Crippen molar-refractivity contribution in [2.45, 2.75) is 32.6 Å². The third-order valence-corrected chi connectivity index (χ3v) is 5.18. The first-order chi connectivity index (χ1) is 11.0. The summed E-state index contributed by atoms with van der Waals surface area (Å²) in [5.74, 6) is 1.06. The van der Waals surface area contributed by atoms with Gasteiger partial charge in [0.05, 0.1) is 17.8 Å². The largest absolute Gasteiger partial charge is 0.369 e. The third kappa shape index (κ3) is 3.57. The van der Waals surface area contributed by atoms with E-state index in [1.807, 2.05) is 4.90 Å². The predicted octanol–water partition coefficient (Wildman–Crippen LogP) is 1.26. The van der Waals surface area contributed by atoms with Crippen molar-refractivity contribution in [3.05, 3.63) is 22.6 Å². The molecule has 1 aromatic rings. The first kappa shape index (κ1) is 16.0. The molecule has 0 N–H and O–H groups in total. The molecule has 23 heavy (non-hydrogen) atoms. The highest BCUT2D eigenvalue weighted by Gasteiger charge is 2.31. The molecule has 126 valence electrons. The van der Waals surface area contributed by atoms with Crippen molar-refractivity contribution in [1.82, 2.24) is 14.7 Å². The molecule has 0 saturated carbocycles. The predicted molar refractivity (Wildman–Crippen MR) is 89.4 cm³/mol. The third-order valence-electron chi connectivity index (χ3n) is 5.18. The number of likely N-dealkylation sites (tertiary alicyclic amines) is 1. The van der Waals surface area contributed by atoms with Crippen LogP contribution in [0, 0.1) is 11.8 Å². The van der Waals surface area contributed by atoms with Gasteiger partial charge in [-0.1, -0.05) is 6.92 Å². The maximum atomic E-state index is 12.8. The highest BCUT2D eigenvalue weighted by atomic mass is 16.2. The zero-order valence-corrected chi connectivity index (χ0v) is 14.1. The van der Waals surface area contributed by atoms with Crippen molar-refractivity contribution in [3.8, 4) is 0 Å². The van der Waals surface area contributed by atoms with E-state index in [0.29, 0.717) is 12.5 Å². The fourth-order valence-corrected chi connectivity index (χ4v) is 3.53. The molecule has 1 atom stereocenters. The van der Waals surface area contributed by atoms with Crippen LogP contribution in [-0.2, 0) is 11.8 Å². The summed E-state index contributed by atoms with van der Waals surface area (Å²) < 4.78 is 1.32. The van der Waals surface area contributed by atoms with E-state index in [9.17, 15) is 9.59 Å². The Kier molecular flexibility index (Phi) is 4.68. The van der Waals surface area contributed by atoms with Crippen molar-refractivity contribution in [2.24, 2.45) is 18.9 Å². The van der Waals surface area contributed by atoms with Crippen LogP contribution >= 0.6 is 0 Å². The van der Waals surface area contributed by atoms with Gasteiger partial charge in [0, 0.05) is 39.3 Å². The molecule has 1 amide bonds. The second kappa shape index (κ2) is 6.72. The molecule has 0 spiro atoms. The van der Waals surface area contributed by atoms with Crippen LogP contribution in [0.2, 0.25) is 0 Å². The van der Waals surface area contributed by atoms with Crippen molar-refractivity contribution in [2.75, 3.05) is 31.1 Å². The molecule has 2 aliphatic heterocycles. The van der Waals surface area contributed by atoms with E-state index in [1.165, 1.54) is 4.68 Å². The standard InChI is InChI=1S/C17H26N4O2/c1-13-5-8-20(9-6-13)17(23)14-4-3-7-21(12-14)15-10-16(22)19(2)18-11-15/h10-11,13-14H,3-9,12H2,1-2H3. The number of piperidine rings is 2. The van der Waals surface area contributed by atoms with Crippen molar-refractivity contribution < 1.29 is 4.79 Å². The summed E-state index contributed by atoms with van der Waals surface area (Å²) in [6, 6.07) is 1.61. The summed E-state index contributed by atoms with van der Waals surface area (Å²) in [5.41, 5.74) is 0.721. The summed E-state index contributed by atoms with van der Waals surface area (Å²) in [5, 5.41) is 4.09. The number of amides is 1. The molecule has 2 saturated heterocycles. The van der Waals surface area contributed by atoms with E-state index in [-0.39, 0.29) is 11.5 Å². The molecule has 6 heteroatoms. The number of rotatable bonds is 2. The molecule has 1 aromatic heterocycles. The van der Waals surface area contributed by atoms with E-state index in [1.54, 1.807) is 19.3 Å². The number of nitrogens with zero attached hydrogens (tertiary/aromatic N) is 4. The molecular weight excluding hydrogens is 292 g/mol. The lowest BCUT2D eigenvalue weighted by molar-refractivity contribution is -0.137. The van der Waals surface area contributed by atoms with Gasteiger partial charge in [-0.05, 0) is 31.6 Å². The average Bonchev–Trinajstić information content (AvgIpc) is 2.57. The molecule has 2 aliphatic rings. The lowest BCUT2D eigenvalue weighted by atomic mass is 9.93. The van der Waals surface area contributed by atoms with Gasteiger partial charge in [-0.2, -0.15) is 5.10 Å². The zero-order chi connectivity index (χ0) is 16.4. The van der Waals surface area contributed by atoms with Gasteiger partial charge in [-0.15, -0.1) is 0 Å². The molecule has 2 fully saturated rings. The first-order valence-electron chi connectivity index (χ1n) is 8.61. The van der Waals surface area contributed by atoms with Crippen LogP contribution in [0.1, 0.15) is 32.6 Å². The summed E-state index contributed by atoms with van der Waals surface area (Å²) in [6.45, 7) is 5.62. The normalized spacial score (nSPS) is 23.1. The van der Waals surface area contributed by atoms with E-state index < -0.39 is 0 Å². The molecule has 1 unspecified atom stereocenters. The Balaban J connectivity index is 1.66. The Labute approximate surface area is 137 Å². The maximum absolute atomic E-state index is 12.8. The van der Waals surface area contributed by atoms with E-state index in [2.05, 4.69) is 16.9 Å². The fourth-order valence-electron chi connectivity index (χ4n) is 3.53. The van der Waals surface area contributed by atoms with Crippen LogP contribution in [0.15, 0.2) is 17.1 Å². The van der Waals surface area contributed by atoms with Gasteiger partial charge in [-0.25, -0.2) is 4.68 Å². The van der Waals surface area contributed by atoms with Crippen molar-refractivity contribution in [1.29, 1.82) is 0 Å². The average molecular weight is 318 g/mol. The van der Waals surface area contributed by atoms with Crippen LogP contribution in [0.4, 0.5) is 5.69 Å². The van der Waals surface area contributed by atoms with Crippen LogP contribution < -0.4 is 10.5 Å². The first-order valence-corrected chi connectivity index (χ1v) is 8.61. The number of aryl methyl sites for hydroxylation is 1.